The van der Waals surface area contributed by atoms with Crippen LogP contribution in [0.4, 0.5) is 0 Å². The van der Waals surface area contributed by atoms with Gasteiger partial charge in [-0.25, -0.2) is 15.0 Å². The van der Waals surface area contributed by atoms with Crippen molar-refractivity contribution >= 4 is 0 Å². The standard InChI is InChI=1S/C15H19N5O/c1-9-12(8-16-13(17-9)10-2-3-10)15-18-14(19-20-15)11-4-6-21-7-5-11/h8,10-11H,2-7H2,1H3,(H,18,19,20). The molecular weight excluding hydrogens is 266 g/mol. The van der Waals surface area contributed by atoms with Gasteiger partial charge in [0, 0.05) is 31.2 Å². The summed E-state index contributed by atoms with van der Waals surface area (Å²) in [6.07, 6.45) is 6.31. The van der Waals surface area contributed by atoms with E-state index in [1.807, 2.05) is 13.1 Å². The molecule has 21 heavy (non-hydrogen) atoms. The third kappa shape index (κ3) is 2.55. The minimum atomic E-state index is 0.423. The van der Waals surface area contributed by atoms with E-state index in [1.165, 1.54) is 12.8 Å². The fourth-order valence-corrected chi connectivity index (χ4v) is 2.79. The Morgan fingerprint density at radius 1 is 1.10 bits per heavy atom. The fraction of sp³-hybridized carbons (Fsp3) is 0.600. The second-order valence-corrected chi connectivity index (χ2v) is 5.93. The molecular formula is C15H19N5O. The minimum absolute atomic E-state index is 0.423. The molecule has 2 aromatic rings. The van der Waals surface area contributed by atoms with Crippen molar-refractivity contribution in [1.82, 2.24) is 25.1 Å². The first kappa shape index (κ1) is 12.9. The maximum Gasteiger partial charge on any atom is 0.184 e. The van der Waals surface area contributed by atoms with Crippen molar-refractivity contribution in [1.29, 1.82) is 0 Å². The van der Waals surface area contributed by atoms with Crippen molar-refractivity contribution in [3.63, 3.8) is 0 Å². The molecule has 0 amide bonds. The Labute approximate surface area is 123 Å². The molecule has 4 rings (SSSR count). The van der Waals surface area contributed by atoms with E-state index in [1.54, 1.807) is 0 Å². The van der Waals surface area contributed by atoms with E-state index in [4.69, 9.17) is 4.74 Å². The summed E-state index contributed by atoms with van der Waals surface area (Å²) in [6, 6.07) is 0. The van der Waals surface area contributed by atoms with Crippen LogP contribution in [0.25, 0.3) is 11.4 Å². The highest BCUT2D eigenvalue weighted by Crippen LogP contribution is 2.38. The van der Waals surface area contributed by atoms with Crippen LogP contribution in [0.2, 0.25) is 0 Å². The molecule has 0 atom stereocenters. The molecule has 3 heterocycles. The lowest BCUT2D eigenvalue weighted by atomic mass is 10.00. The number of H-pyrrole nitrogens is 1. The largest absolute Gasteiger partial charge is 0.381 e. The second-order valence-electron chi connectivity index (χ2n) is 5.93. The highest BCUT2D eigenvalue weighted by atomic mass is 16.5. The second kappa shape index (κ2) is 5.18. The summed E-state index contributed by atoms with van der Waals surface area (Å²) in [5, 5.41) is 7.43. The van der Waals surface area contributed by atoms with Gasteiger partial charge >= 0.3 is 0 Å². The first-order valence-corrected chi connectivity index (χ1v) is 7.65. The normalized spacial score (nSPS) is 19.9. The molecule has 1 saturated carbocycles. The van der Waals surface area contributed by atoms with E-state index in [9.17, 15) is 0 Å². The molecule has 0 bridgehead atoms. The number of nitrogens with one attached hydrogen (secondary N) is 1. The molecule has 6 heteroatoms. The summed E-state index contributed by atoms with van der Waals surface area (Å²) in [4.78, 5) is 13.7. The molecule has 2 aromatic heterocycles. The molecule has 0 spiro atoms. The number of rotatable bonds is 3. The summed E-state index contributed by atoms with van der Waals surface area (Å²) in [5.41, 5.74) is 1.89. The zero-order valence-electron chi connectivity index (χ0n) is 12.2. The first-order valence-electron chi connectivity index (χ1n) is 7.65. The van der Waals surface area contributed by atoms with Gasteiger partial charge in [0.2, 0.25) is 0 Å². The maximum absolute atomic E-state index is 5.39. The Hall–Kier alpha value is -1.82. The number of ether oxygens (including phenoxy) is 1. The lowest BCUT2D eigenvalue weighted by Crippen LogP contribution is -2.15. The zero-order chi connectivity index (χ0) is 14.2. The molecule has 1 aliphatic heterocycles. The van der Waals surface area contributed by atoms with E-state index >= 15 is 0 Å². The number of aryl methyl sites for hydroxylation is 1. The third-order valence-corrected chi connectivity index (χ3v) is 4.29. The molecule has 2 aliphatic rings. The van der Waals surface area contributed by atoms with Gasteiger partial charge in [0.05, 0.1) is 11.3 Å². The van der Waals surface area contributed by atoms with Gasteiger partial charge in [-0.3, -0.25) is 5.10 Å². The van der Waals surface area contributed by atoms with Crippen molar-refractivity contribution in [3.05, 3.63) is 23.5 Å². The smallest absolute Gasteiger partial charge is 0.184 e. The van der Waals surface area contributed by atoms with Crippen LogP contribution in [0, 0.1) is 6.92 Å². The SMILES string of the molecule is Cc1nc(C2CC2)ncc1-c1n[nH]c(C2CCOCC2)n1. The molecule has 110 valence electrons. The molecule has 1 aliphatic carbocycles. The molecule has 6 nitrogen and oxygen atoms in total. The fourth-order valence-electron chi connectivity index (χ4n) is 2.79. The van der Waals surface area contributed by atoms with Crippen LogP contribution in [0.15, 0.2) is 6.20 Å². The van der Waals surface area contributed by atoms with Crippen LogP contribution in [0.1, 0.15) is 54.9 Å². The quantitative estimate of drug-likeness (QED) is 0.936. The average Bonchev–Trinajstić information content (AvgIpc) is 3.26. The first-order chi connectivity index (χ1) is 10.3. The molecule has 0 unspecified atom stereocenters. The molecule has 1 saturated heterocycles. The van der Waals surface area contributed by atoms with Crippen molar-refractivity contribution in [2.24, 2.45) is 0 Å². The van der Waals surface area contributed by atoms with Crippen molar-refractivity contribution < 1.29 is 4.74 Å². The minimum Gasteiger partial charge on any atom is -0.381 e. The van der Waals surface area contributed by atoms with Gasteiger partial charge in [-0.1, -0.05) is 0 Å². The van der Waals surface area contributed by atoms with Gasteiger partial charge in [0.25, 0.3) is 0 Å². The van der Waals surface area contributed by atoms with E-state index in [2.05, 4.69) is 25.1 Å². The molecule has 0 radical (unpaired) electrons. The highest BCUT2D eigenvalue weighted by molar-refractivity contribution is 5.56. The monoisotopic (exact) mass is 285 g/mol. The highest BCUT2D eigenvalue weighted by Gasteiger charge is 2.27. The van der Waals surface area contributed by atoms with Crippen LogP contribution in [-0.4, -0.2) is 38.4 Å². The van der Waals surface area contributed by atoms with E-state index in [-0.39, 0.29) is 0 Å². The lowest BCUT2D eigenvalue weighted by Gasteiger charge is -2.19. The Morgan fingerprint density at radius 3 is 2.62 bits per heavy atom. The number of aromatic nitrogens is 5. The van der Waals surface area contributed by atoms with Gasteiger partial charge in [-0.2, -0.15) is 5.10 Å². The van der Waals surface area contributed by atoms with Gasteiger partial charge in [-0.05, 0) is 32.6 Å². The van der Waals surface area contributed by atoms with Crippen LogP contribution in [0.3, 0.4) is 0 Å². The van der Waals surface area contributed by atoms with Crippen LogP contribution < -0.4 is 0 Å². The van der Waals surface area contributed by atoms with Crippen molar-refractivity contribution in [2.75, 3.05) is 13.2 Å². The van der Waals surface area contributed by atoms with Gasteiger partial charge in [0.15, 0.2) is 5.82 Å². The van der Waals surface area contributed by atoms with E-state index in [0.717, 1.165) is 49.0 Å². The lowest BCUT2D eigenvalue weighted by molar-refractivity contribution is 0.0836. The predicted molar refractivity (Wildman–Crippen MR) is 76.9 cm³/mol. The summed E-state index contributed by atoms with van der Waals surface area (Å²) in [6.45, 7) is 3.62. The number of nitrogens with zero attached hydrogens (tertiary/aromatic N) is 4. The third-order valence-electron chi connectivity index (χ3n) is 4.29. The van der Waals surface area contributed by atoms with Gasteiger partial charge in [-0.15, -0.1) is 0 Å². The number of aromatic amines is 1. The summed E-state index contributed by atoms with van der Waals surface area (Å²) in [7, 11) is 0. The predicted octanol–water partition coefficient (Wildman–Crippen LogP) is 2.34. The molecule has 2 fully saturated rings. The van der Waals surface area contributed by atoms with E-state index in [0.29, 0.717) is 17.7 Å². The topological polar surface area (TPSA) is 76.6 Å². The van der Waals surface area contributed by atoms with Crippen LogP contribution in [0.5, 0.6) is 0 Å². The van der Waals surface area contributed by atoms with Gasteiger partial charge in [0.1, 0.15) is 11.6 Å². The Morgan fingerprint density at radius 2 is 1.90 bits per heavy atom. The average molecular weight is 285 g/mol. The maximum atomic E-state index is 5.39. The summed E-state index contributed by atoms with van der Waals surface area (Å²) < 4.78 is 5.39. The zero-order valence-corrected chi connectivity index (χ0v) is 12.2. The van der Waals surface area contributed by atoms with E-state index < -0.39 is 0 Å². The van der Waals surface area contributed by atoms with Crippen molar-refractivity contribution in [2.45, 2.75) is 44.4 Å². The number of hydrogen-bond donors (Lipinski definition) is 1. The number of hydrogen-bond acceptors (Lipinski definition) is 5. The summed E-state index contributed by atoms with van der Waals surface area (Å²) in [5.74, 6) is 3.63. The Balaban J connectivity index is 1.59. The van der Waals surface area contributed by atoms with Crippen LogP contribution in [-0.2, 0) is 4.74 Å². The summed E-state index contributed by atoms with van der Waals surface area (Å²) >= 11 is 0. The van der Waals surface area contributed by atoms with Gasteiger partial charge < -0.3 is 4.74 Å². The Bertz CT molecular complexity index is 643. The Kier molecular flexibility index (Phi) is 3.18. The molecule has 0 aromatic carbocycles. The molecule has 1 N–H and O–H groups in total. The van der Waals surface area contributed by atoms with Crippen molar-refractivity contribution in [3.8, 4) is 11.4 Å². The van der Waals surface area contributed by atoms with Crippen LogP contribution >= 0.6 is 0 Å².